The minimum absolute atomic E-state index is 0.569. The summed E-state index contributed by atoms with van der Waals surface area (Å²) in [6.07, 6.45) is 1.92. The van der Waals surface area contributed by atoms with Gasteiger partial charge < -0.3 is 4.90 Å². The van der Waals surface area contributed by atoms with Gasteiger partial charge in [-0.25, -0.2) is 0 Å². The van der Waals surface area contributed by atoms with Crippen molar-refractivity contribution in [1.82, 2.24) is 4.90 Å². The highest BCUT2D eigenvalue weighted by atomic mass is 15.2. The average molecular weight is 110 g/mol. The van der Waals surface area contributed by atoms with E-state index in [0.717, 1.165) is 0 Å². The summed E-state index contributed by atoms with van der Waals surface area (Å²) in [6.45, 7) is 1.17. The van der Waals surface area contributed by atoms with Crippen LogP contribution in [0.15, 0.2) is 0 Å². The van der Waals surface area contributed by atoms with Gasteiger partial charge in [0, 0.05) is 6.04 Å². The van der Waals surface area contributed by atoms with Gasteiger partial charge in [0.2, 0.25) is 0 Å². The monoisotopic (exact) mass is 110 g/mol. The third kappa shape index (κ3) is 0.823. The standard InChI is InChI=1S/C6H10N2/c1-8-5-3-6(8)2-4-7/h6H,2-3,5H2,1H3. The Balaban J connectivity index is 2.19. The van der Waals surface area contributed by atoms with Crippen molar-refractivity contribution in [2.24, 2.45) is 0 Å². The van der Waals surface area contributed by atoms with Crippen LogP contribution in [0.5, 0.6) is 0 Å². The Bertz CT molecular complexity index is 114. The van der Waals surface area contributed by atoms with Gasteiger partial charge in [-0.3, -0.25) is 0 Å². The van der Waals surface area contributed by atoms with Crippen LogP contribution < -0.4 is 0 Å². The fourth-order valence-electron chi connectivity index (χ4n) is 0.933. The first-order valence-corrected chi connectivity index (χ1v) is 2.92. The molecule has 1 aliphatic rings. The highest BCUT2D eigenvalue weighted by molar-refractivity contribution is 4.87. The van der Waals surface area contributed by atoms with Gasteiger partial charge in [-0.15, -0.1) is 0 Å². The van der Waals surface area contributed by atoms with Crippen LogP contribution in [-0.2, 0) is 0 Å². The van der Waals surface area contributed by atoms with E-state index in [2.05, 4.69) is 18.0 Å². The molecule has 2 nitrogen and oxygen atoms in total. The molecule has 1 atom stereocenters. The SMILES string of the molecule is CN1CCC1CC#N. The Morgan fingerprint density at radius 2 is 2.62 bits per heavy atom. The van der Waals surface area contributed by atoms with Crippen molar-refractivity contribution in [3.63, 3.8) is 0 Å². The topological polar surface area (TPSA) is 27.0 Å². The normalized spacial score (nSPS) is 28.8. The van der Waals surface area contributed by atoms with Gasteiger partial charge in [-0.05, 0) is 20.0 Å². The molecule has 1 fully saturated rings. The molecule has 0 aromatic carbocycles. The molecule has 1 rings (SSSR count). The molecule has 44 valence electrons. The van der Waals surface area contributed by atoms with Crippen LogP contribution in [0.25, 0.3) is 0 Å². The molecular formula is C6H10N2. The van der Waals surface area contributed by atoms with Crippen molar-refractivity contribution in [1.29, 1.82) is 5.26 Å². The maximum Gasteiger partial charge on any atom is 0.0638 e. The number of hydrogen-bond donors (Lipinski definition) is 0. The summed E-state index contributed by atoms with van der Waals surface area (Å²) >= 11 is 0. The van der Waals surface area contributed by atoms with Gasteiger partial charge in [-0.2, -0.15) is 5.26 Å². The average Bonchev–Trinajstić information content (AvgIpc) is 1.79. The molecule has 0 bridgehead atoms. The molecule has 1 saturated heterocycles. The molecule has 0 aromatic heterocycles. The van der Waals surface area contributed by atoms with E-state index < -0.39 is 0 Å². The summed E-state index contributed by atoms with van der Waals surface area (Å²) in [5, 5.41) is 8.24. The van der Waals surface area contributed by atoms with Crippen LogP contribution in [0.1, 0.15) is 12.8 Å². The molecule has 0 saturated carbocycles. The molecule has 1 aliphatic heterocycles. The Hall–Kier alpha value is -0.550. The third-order valence-electron chi connectivity index (χ3n) is 1.77. The highest BCUT2D eigenvalue weighted by Gasteiger charge is 2.22. The lowest BCUT2D eigenvalue weighted by atomic mass is 10.0. The zero-order valence-electron chi connectivity index (χ0n) is 5.09. The van der Waals surface area contributed by atoms with E-state index in [1.807, 2.05) is 0 Å². The maximum atomic E-state index is 8.24. The largest absolute Gasteiger partial charge is 0.302 e. The molecular weight excluding hydrogens is 100 g/mol. The number of nitriles is 1. The second-order valence-electron chi connectivity index (χ2n) is 2.29. The lowest BCUT2D eigenvalue weighted by molar-refractivity contribution is 0.130. The van der Waals surface area contributed by atoms with Crippen LogP contribution in [0.2, 0.25) is 0 Å². The predicted molar refractivity (Wildman–Crippen MR) is 31.3 cm³/mol. The fraction of sp³-hybridized carbons (Fsp3) is 0.833. The van der Waals surface area contributed by atoms with E-state index in [1.54, 1.807) is 0 Å². The van der Waals surface area contributed by atoms with Crippen molar-refractivity contribution in [3.8, 4) is 6.07 Å². The summed E-state index contributed by atoms with van der Waals surface area (Å²) in [5.41, 5.74) is 0. The molecule has 0 spiro atoms. The summed E-state index contributed by atoms with van der Waals surface area (Å²) in [6, 6.07) is 2.73. The number of hydrogen-bond acceptors (Lipinski definition) is 2. The number of likely N-dealkylation sites (tertiary alicyclic amines) is 1. The van der Waals surface area contributed by atoms with E-state index in [1.165, 1.54) is 13.0 Å². The Labute approximate surface area is 49.7 Å². The van der Waals surface area contributed by atoms with Crippen molar-refractivity contribution < 1.29 is 0 Å². The summed E-state index contributed by atoms with van der Waals surface area (Å²) in [5.74, 6) is 0. The number of rotatable bonds is 1. The van der Waals surface area contributed by atoms with Crippen molar-refractivity contribution >= 4 is 0 Å². The van der Waals surface area contributed by atoms with Crippen molar-refractivity contribution in [2.45, 2.75) is 18.9 Å². The van der Waals surface area contributed by atoms with E-state index in [4.69, 9.17) is 5.26 Å². The molecule has 0 aromatic rings. The molecule has 1 unspecified atom stereocenters. The van der Waals surface area contributed by atoms with E-state index in [-0.39, 0.29) is 0 Å². The van der Waals surface area contributed by atoms with Crippen LogP contribution in [-0.4, -0.2) is 24.5 Å². The maximum absolute atomic E-state index is 8.24. The van der Waals surface area contributed by atoms with Crippen molar-refractivity contribution in [3.05, 3.63) is 0 Å². The molecule has 2 heteroatoms. The zero-order chi connectivity index (χ0) is 5.98. The first kappa shape index (κ1) is 5.58. The second kappa shape index (κ2) is 2.15. The predicted octanol–water partition coefficient (Wildman–Crippen LogP) is 0.604. The van der Waals surface area contributed by atoms with E-state index >= 15 is 0 Å². The smallest absolute Gasteiger partial charge is 0.0638 e. The van der Waals surface area contributed by atoms with Crippen LogP contribution in [0, 0.1) is 11.3 Å². The summed E-state index contributed by atoms with van der Waals surface area (Å²) < 4.78 is 0. The van der Waals surface area contributed by atoms with Gasteiger partial charge in [0.25, 0.3) is 0 Å². The quantitative estimate of drug-likeness (QED) is 0.494. The van der Waals surface area contributed by atoms with Gasteiger partial charge in [0.1, 0.15) is 0 Å². The van der Waals surface area contributed by atoms with Crippen LogP contribution >= 0.6 is 0 Å². The first-order chi connectivity index (χ1) is 3.84. The summed E-state index contributed by atoms with van der Waals surface area (Å²) in [7, 11) is 2.06. The summed E-state index contributed by atoms with van der Waals surface area (Å²) in [4.78, 5) is 2.21. The fourth-order valence-corrected chi connectivity index (χ4v) is 0.933. The van der Waals surface area contributed by atoms with Gasteiger partial charge in [-0.1, -0.05) is 0 Å². The minimum atomic E-state index is 0.569. The lowest BCUT2D eigenvalue weighted by Gasteiger charge is -2.36. The number of nitrogens with zero attached hydrogens (tertiary/aromatic N) is 2. The molecule has 8 heavy (non-hydrogen) atoms. The van der Waals surface area contributed by atoms with E-state index in [9.17, 15) is 0 Å². The van der Waals surface area contributed by atoms with Crippen molar-refractivity contribution in [2.75, 3.05) is 13.6 Å². The molecule has 1 heterocycles. The highest BCUT2D eigenvalue weighted by Crippen LogP contribution is 2.16. The molecule has 0 N–H and O–H groups in total. The Morgan fingerprint density at radius 3 is 2.75 bits per heavy atom. The Morgan fingerprint density at radius 1 is 1.88 bits per heavy atom. The molecule has 0 aliphatic carbocycles. The van der Waals surface area contributed by atoms with E-state index in [0.29, 0.717) is 12.5 Å². The molecule has 0 amide bonds. The van der Waals surface area contributed by atoms with Gasteiger partial charge in [0.05, 0.1) is 12.5 Å². The third-order valence-corrected chi connectivity index (χ3v) is 1.77. The van der Waals surface area contributed by atoms with Gasteiger partial charge >= 0.3 is 0 Å². The Kier molecular flexibility index (Phi) is 1.50. The first-order valence-electron chi connectivity index (χ1n) is 2.92. The van der Waals surface area contributed by atoms with Crippen LogP contribution in [0.3, 0.4) is 0 Å². The second-order valence-corrected chi connectivity index (χ2v) is 2.29. The minimum Gasteiger partial charge on any atom is -0.302 e. The molecule has 0 radical (unpaired) electrons. The lowest BCUT2D eigenvalue weighted by Crippen LogP contribution is -2.44. The van der Waals surface area contributed by atoms with Gasteiger partial charge in [0.15, 0.2) is 0 Å². The van der Waals surface area contributed by atoms with Crippen LogP contribution in [0.4, 0.5) is 0 Å². The zero-order valence-corrected chi connectivity index (χ0v) is 5.09.